The second-order valence-electron chi connectivity index (χ2n) is 5.16. The molecular formula is C11H21N3O5S. The van der Waals surface area contributed by atoms with Gasteiger partial charge in [0.1, 0.15) is 0 Å². The van der Waals surface area contributed by atoms with Crippen LogP contribution in [0.25, 0.3) is 0 Å². The van der Waals surface area contributed by atoms with Crippen LogP contribution in [-0.2, 0) is 14.8 Å². The van der Waals surface area contributed by atoms with E-state index in [-0.39, 0.29) is 24.8 Å². The highest BCUT2D eigenvalue weighted by Gasteiger charge is 2.36. The van der Waals surface area contributed by atoms with Crippen molar-refractivity contribution >= 4 is 22.0 Å². The third-order valence-electron chi connectivity index (χ3n) is 3.41. The van der Waals surface area contributed by atoms with Gasteiger partial charge in [0.15, 0.2) is 0 Å². The smallest absolute Gasteiger partial charge is 0.317 e. The van der Waals surface area contributed by atoms with Gasteiger partial charge in [-0.3, -0.25) is 4.79 Å². The Kier molecular flexibility index (Phi) is 5.35. The zero-order chi connectivity index (χ0) is 15.5. The van der Waals surface area contributed by atoms with E-state index in [1.165, 1.54) is 19.0 Å². The maximum atomic E-state index is 11.8. The fourth-order valence-corrected chi connectivity index (χ4v) is 2.76. The number of carbonyl (C=O) groups excluding carboxylic acids is 1. The first-order valence-electron chi connectivity index (χ1n) is 6.31. The number of hydrogen-bond donors (Lipinski definition) is 2. The molecule has 2 amide bonds. The minimum atomic E-state index is -3.35. The fourth-order valence-electron chi connectivity index (χ4n) is 2.04. The zero-order valence-electron chi connectivity index (χ0n) is 11.9. The van der Waals surface area contributed by atoms with E-state index in [0.29, 0.717) is 6.54 Å². The van der Waals surface area contributed by atoms with E-state index in [0.717, 1.165) is 4.31 Å². The number of hydrogen-bond acceptors (Lipinski definition) is 4. The summed E-state index contributed by atoms with van der Waals surface area (Å²) in [5.74, 6) is -1.77. The molecule has 0 spiro atoms. The summed E-state index contributed by atoms with van der Waals surface area (Å²) < 4.78 is 24.1. The van der Waals surface area contributed by atoms with Gasteiger partial charge in [-0.25, -0.2) is 17.5 Å². The van der Waals surface area contributed by atoms with Crippen molar-refractivity contribution in [2.45, 2.75) is 6.92 Å². The number of carboxylic acid groups (broad SMARTS) is 1. The summed E-state index contributed by atoms with van der Waals surface area (Å²) in [6.07, 6.45) is 0. The number of rotatable bonds is 5. The Balaban J connectivity index is 2.44. The zero-order valence-corrected chi connectivity index (χ0v) is 12.7. The average Bonchev–Trinajstić information content (AvgIpc) is 2.71. The first-order valence-corrected chi connectivity index (χ1v) is 7.92. The summed E-state index contributed by atoms with van der Waals surface area (Å²) in [5.41, 5.74) is 0. The molecule has 0 unspecified atom stereocenters. The quantitative estimate of drug-likeness (QED) is 0.694. The molecule has 0 radical (unpaired) electrons. The van der Waals surface area contributed by atoms with Crippen LogP contribution in [0.2, 0.25) is 0 Å². The van der Waals surface area contributed by atoms with Crippen LogP contribution in [-0.4, -0.2) is 74.2 Å². The summed E-state index contributed by atoms with van der Waals surface area (Å²) in [6, 6.07) is -0.422. The van der Waals surface area contributed by atoms with Gasteiger partial charge < -0.3 is 15.3 Å². The molecular weight excluding hydrogens is 286 g/mol. The van der Waals surface area contributed by atoms with Crippen molar-refractivity contribution in [1.29, 1.82) is 0 Å². The summed E-state index contributed by atoms with van der Waals surface area (Å²) >= 11 is 0. The Bertz CT molecular complexity index is 476. The molecule has 9 heteroatoms. The molecule has 2 N–H and O–H groups in total. The van der Waals surface area contributed by atoms with Crippen LogP contribution in [0.1, 0.15) is 6.92 Å². The van der Waals surface area contributed by atoms with Crippen LogP contribution in [0.4, 0.5) is 4.79 Å². The molecule has 1 aliphatic rings. The minimum absolute atomic E-state index is 0.00195. The molecule has 1 saturated heterocycles. The molecule has 1 fully saturated rings. The third-order valence-corrected chi connectivity index (χ3v) is 5.24. The van der Waals surface area contributed by atoms with E-state index >= 15 is 0 Å². The van der Waals surface area contributed by atoms with Crippen LogP contribution in [0, 0.1) is 11.8 Å². The highest BCUT2D eigenvalue weighted by Crippen LogP contribution is 2.22. The fraction of sp³-hybridized carbons (Fsp3) is 0.818. The van der Waals surface area contributed by atoms with Gasteiger partial charge in [0.2, 0.25) is 10.0 Å². The molecule has 0 aromatic rings. The Morgan fingerprint density at radius 1 is 1.35 bits per heavy atom. The number of likely N-dealkylation sites (tertiary alicyclic amines) is 1. The SMILES string of the molecule is C[C@@H]1CN(C(=O)NCCS(=O)(=O)N(C)C)C[C@H]1C(=O)O. The summed E-state index contributed by atoms with van der Waals surface area (Å²) in [4.78, 5) is 24.2. The molecule has 8 nitrogen and oxygen atoms in total. The van der Waals surface area contributed by atoms with Crippen molar-refractivity contribution < 1.29 is 23.1 Å². The lowest BCUT2D eigenvalue weighted by Crippen LogP contribution is -2.42. The van der Waals surface area contributed by atoms with Gasteiger partial charge in [0.25, 0.3) is 0 Å². The second-order valence-corrected chi connectivity index (χ2v) is 7.46. The van der Waals surface area contributed by atoms with Gasteiger partial charge in [0.05, 0.1) is 11.7 Å². The van der Waals surface area contributed by atoms with Gasteiger partial charge in [-0.1, -0.05) is 6.92 Å². The largest absolute Gasteiger partial charge is 0.481 e. The van der Waals surface area contributed by atoms with Crippen LogP contribution in [0.3, 0.4) is 0 Å². The Labute approximate surface area is 118 Å². The summed E-state index contributed by atoms with van der Waals surface area (Å²) in [7, 11) is -0.492. The predicted octanol–water partition coefficient (Wildman–Crippen LogP) is -0.760. The molecule has 0 aromatic carbocycles. The lowest BCUT2D eigenvalue weighted by atomic mass is 9.99. The van der Waals surface area contributed by atoms with Crippen molar-refractivity contribution in [2.24, 2.45) is 11.8 Å². The molecule has 1 rings (SSSR count). The monoisotopic (exact) mass is 307 g/mol. The van der Waals surface area contributed by atoms with Crippen molar-refractivity contribution in [2.75, 3.05) is 39.5 Å². The molecule has 0 saturated carbocycles. The third kappa shape index (κ3) is 4.07. The van der Waals surface area contributed by atoms with Gasteiger partial charge in [0, 0.05) is 33.7 Å². The van der Waals surface area contributed by atoms with Gasteiger partial charge >= 0.3 is 12.0 Å². The normalized spacial score (nSPS) is 23.1. The van der Waals surface area contributed by atoms with Gasteiger partial charge in [-0.15, -0.1) is 0 Å². The van der Waals surface area contributed by atoms with Crippen LogP contribution in [0.5, 0.6) is 0 Å². The second kappa shape index (κ2) is 6.40. The molecule has 0 aliphatic carbocycles. The number of urea groups is 1. The molecule has 20 heavy (non-hydrogen) atoms. The first-order chi connectivity index (χ1) is 9.15. The van der Waals surface area contributed by atoms with Crippen molar-refractivity contribution in [3.8, 4) is 0 Å². The van der Waals surface area contributed by atoms with Crippen molar-refractivity contribution in [1.82, 2.24) is 14.5 Å². The number of sulfonamides is 1. The van der Waals surface area contributed by atoms with Crippen LogP contribution >= 0.6 is 0 Å². The Morgan fingerprint density at radius 2 is 1.95 bits per heavy atom. The number of nitrogens with zero attached hydrogens (tertiary/aromatic N) is 2. The number of aliphatic carboxylic acids is 1. The molecule has 0 aromatic heterocycles. The van der Waals surface area contributed by atoms with E-state index in [2.05, 4.69) is 5.32 Å². The van der Waals surface area contributed by atoms with Crippen LogP contribution in [0.15, 0.2) is 0 Å². The molecule has 1 heterocycles. The standard InChI is InChI=1S/C11H21N3O5S/c1-8-6-14(7-9(8)10(15)16)11(17)12-4-5-20(18,19)13(2)3/h8-9H,4-7H2,1-3H3,(H,12,17)(H,15,16)/t8-,9-/m1/s1. The molecule has 0 bridgehead atoms. The highest BCUT2D eigenvalue weighted by molar-refractivity contribution is 7.89. The summed E-state index contributed by atoms with van der Waals surface area (Å²) in [6.45, 7) is 2.30. The van der Waals surface area contributed by atoms with E-state index in [1.807, 2.05) is 0 Å². The summed E-state index contributed by atoms with van der Waals surface area (Å²) in [5, 5.41) is 11.5. The van der Waals surface area contributed by atoms with Crippen molar-refractivity contribution in [3.05, 3.63) is 0 Å². The predicted molar refractivity (Wildman–Crippen MR) is 72.7 cm³/mol. The first kappa shape index (κ1) is 16.7. The number of amides is 2. The van der Waals surface area contributed by atoms with Gasteiger partial charge in [-0.2, -0.15) is 0 Å². The topological polar surface area (TPSA) is 107 Å². The average molecular weight is 307 g/mol. The maximum Gasteiger partial charge on any atom is 0.317 e. The molecule has 2 atom stereocenters. The van der Waals surface area contributed by atoms with Gasteiger partial charge in [-0.05, 0) is 5.92 Å². The Hall–Kier alpha value is -1.35. The number of nitrogens with one attached hydrogen (secondary N) is 1. The van der Waals surface area contributed by atoms with E-state index < -0.39 is 27.9 Å². The Morgan fingerprint density at radius 3 is 2.40 bits per heavy atom. The lowest BCUT2D eigenvalue weighted by molar-refractivity contribution is -0.142. The lowest BCUT2D eigenvalue weighted by Gasteiger charge is -2.17. The van der Waals surface area contributed by atoms with Crippen molar-refractivity contribution in [3.63, 3.8) is 0 Å². The highest BCUT2D eigenvalue weighted by atomic mass is 32.2. The number of carboxylic acids is 1. The maximum absolute atomic E-state index is 11.8. The van der Waals surface area contributed by atoms with E-state index in [1.54, 1.807) is 6.92 Å². The minimum Gasteiger partial charge on any atom is -0.481 e. The van der Waals surface area contributed by atoms with Crippen LogP contribution < -0.4 is 5.32 Å². The van der Waals surface area contributed by atoms with E-state index in [9.17, 15) is 18.0 Å². The van der Waals surface area contributed by atoms with E-state index in [4.69, 9.17) is 5.11 Å². The molecule has 1 aliphatic heterocycles. The number of carbonyl (C=O) groups is 2. The molecule has 116 valence electrons.